The number of hydrogen-bond acceptors (Lipinski definition) is 6. The lowest BCUT2D eigenvalue weighted by Gasteiger charge is -2.31. The third-order valence-electron chi connectivity index (χ3n) is 12.3. The van der Waals surface area contributed by atoms with E-state index < -0.39 is 0 Å². The van der Waals surface area contributed by atoms with Crippen LogP contribution in [0.5, 0.6) is 0 Å². The summed E-state index contributed by atoms with van der Waals surface area (Å²) in [5.74, 6) is -0.0396. The zero-order valence-electron chi connectivity index (χ0n) is 41.1. The Bertz CT molecular complexity index is 804. The molecule has 0 fully saturated rings. The number of hydrogen-bond donors (Lipinski definition) is 0. The van der Waals surface area contributed by atoms with Gasteiger partial charge in [-0.15, -0.1) is 0 Å². The van der Waals surface area contributed by atoms with Crippen molar-refractivity contribution in [2.45, 2.75) is 290 Å². The van der Waals surface area contributed by atoms with Crippen molar-refractivity contribution in [2.24, 2.45) is 0 Å². The highest BCUT2D eigenvalue weighted by molar-refractivity contribution is 5.69. The summed E-state index contributed by atoms with van der Waals surface area (Å²) in [6, 6.07) is 0. The number of carbonyl (C=O) groups excluding carboxylic acids is 2. The van der Waals surface area contributed by atoms with Gasteiger partial charge in [0.1, 0.15) is 12.2 Å². The monoisotopic (exact) mass is 835 g/mol. The molecule has 0 rings (SSSR count). The number of nitrogens with zero attached hydrogens (tertiary/aromatic N) is 2. The molecular formula is C53H106N2O4. The van der Waals surface area contributed by atoms with Crippen molar-refractivity contribution in [3.63, 3.8) is 0 Å². The first-order valence-corrected chi connectivity index (χ1v) is 26.6. The van der Waals surface area contributed by atoms with Gasteiger partial charge in [-0.3, -0.25) is 14.5 Å². The SMILES string of the molecule is CCCCCCCCCCCC(=O)OC(CCCCCCCCCC)CN(CCCN(C)C)CC(CCCCCCCCCC)OC(=O)CCCCCCCCCCC. The summed E-state index contributed by atoms with van der Waals surface area (Å²) in [5, 5.41) is 0. The number of carbonyl (C=O) groups is 2. The van der Waals surface area contributed by atoms with Gasteiger partial charge in [-0.1, -0.05) is 220 Å². The highest BCUT2D eigenvalue weighted by Crippen LogP contribution is 2.19. The molecule has 0 saturated heterocycles. The average Bonchev–Trinajstić information content (AvgIpc) is 3.21. The van der Waals surface area contributed by atoms with Gasteiger partial charge in [-0.2, -0.15) is 0 Å². The molecule has 0 aromatic heterocycles. The molecule has 0 amide bonds. The van der Waals surface area contributed by atoms with E-state index in [2.05, 4.69) is 51.6 Å². The van der Waals surface area contributed by atoms with Crippen molar-refractivity contribution >= 4 is 11.9 Å². The van der Waals surface area contributed by atoms with E-state index in [0.717, 1.165) is 84.0 Å². The highest BCUT2D eigenvalue weighted by atomic mass is 16.5. The molecule has 0 saturated carbocycles. The zero-order chi connectivity index (χ0) is 43.3. The Balaban J connectivity index is 5.55. The summed E-state index contributed by atoms with van der Waals surface area (Å²) in [6.45, 7) is 12.5. The maximum absolute atomic E-state index is 13.3. The Morgan fingerprint density at radius 3 is 0.915 bits per heavy atom. The second kappa shape index (κ2) is 46.4. The van der Waals surface area contributed by atoms with Crippen LogP contribution in [0.2, 0.25) is 0 Å². The largest absolute Gasteiger partial charge is 0.461 e. The van der Waals surface area contributed by atoms with Gasteiger partial charge in [0.2, 0.25) is 0 Å². The molecule has 352 valence electrons. The molecule has 0 aliphatic rings. The zero-order valence-corrected chi connectivity index (χ0v) is 41.1. The first kappa shape index (κ1) is 57.9. The molecule has 59 heavy (non-hydrogen) atoms. The number of rotatable bonds is 48. The van der Waals surface area contributed by atoms with E-state index >= 15 is 0 Å². The molecule has 0 aromatic rings. The van der Waals surface area contributed by atoms with E-state index in [9.17, 15) is 9.59 Å². The van der Waals surface area contributed by atoms with Gasteiger partial charge in [0, 0.05) is 25.9 Å². The molecule has 0 aliphatic heterocycles. The lowest BCUT2D eigenvalue weighted by Crippen LogP contribution is -2.42. The van der Waals surface area contributed by atoms with Crippen LogP contribution in [0, 0.1) is 0 Å². The third-order valence-corrected chi connectivity index (χ3v) is 12.3. The van der Waals surface area contributed by atoms with Gasteiger partial charge in [0.25, 0.3) is 0 Å². The van der Waals surface area contributed by atoms with E-state index in [-0.39, 0.29) is 24.1 Å². The molecule has 0 aromatic carbocycles. The molecule has 2 atom stereocenters. The molecule has 0 N–H and O–H groups in total. The van der Waals surface area contributed by atoms with E-state index in [1.807, 2.05) is 0 Å². The highest BCUT2D eigenvalue weighted by Gasteiger charge is 2.23. The lowest BCUT2D eigenvalue weighted by molar-refractivity contribution is -0.152. The fraction of sp³-hybridized carbons (Fsp3) is 0.962. The van der Waals surface area contributed by atoms with Crippen LogP contribution in [0.15, 0.2) is 0 Å². The van der Waals surface area contributed by atoms with Crippen molar-refractivity contribution in [1.82, 2.24) is 9.80 Å². The summed E-state index contributed by atoms with van der Waals surface area (Å²) in [4.78, 5) is 31.4. The number of unbranched alkanes of at least 4 members (excludes halogenated alkanes) is 30. The van der Waals surface area contributed by atoms with Crippen LogP contribution >= 0.6 is 0 Å². The molecule has 2 unspecified atom stereocenters. The molecule has 0 bridgehead atoms. The van der Waals surface area contributed by atoms with Crippen LogP contribution < -0.4 is 0 Å². The van der Waals surface area contributed by atoms with E-state index in [1.54, 1.807) is 0 Å². The van der Waals surface area contributed by atoms with Crippen molar-refractivity contribution in [3.8, 4) is 0 Å². The fourth-order valence-electron chi connectivity index (χ4n) is 8.48. The Hall–Kier alpha value is -1.14. The van der Waals surface area contributed by atoms with Crippen LogP contribution in [0.4, 0.5) is 0 Å². The minimum Gasteiger partial charge on any atom is -0.461 e. The van der Waals surface area contributed by atoms with Crippen LogP contribution in [-0.4, -0.2) is 74.2 Å². The quantitative estimate of drug-likeness (QED) is 0.0449. The van der Waals surface area contributed by atoms with E-state index in [0.29, 0.717) is 12.8 Å². The van der Waals surface area contributed by atoms with E-state index in [1.165, 1.54) is 180 Å². The summed E-state index contributed by atoms with van der Waals surface area (Å²) in [6.07, 6.45) is 46.6. The molecular weight excluding hydrogens is 729 g/mol. The van der Waals surface area contributed by atoms with Gasteiger partial charge < -0.3 is 14.4 Å². The Morgan fingerprint density at radius 2 is 0.627 bits per heavy atom. The first-order valence-electron chi connectivity index (χ1n) is 26.6. The maximum atomic E-state index is 13.3. The molecule has 0 aliphatic carbocycles. The maximum Gasteiger partial charge on any atom is 0.306 e. The molecule has 6 heteroatoms. The fourth-order valence-corrected chi connectivity index (χ4v) is 8.48. The minimum atomic E-state index is -0.109. The van der Waals surface area contributed by atoms with Crippen molar-refractivity contribution < 1.29 is 19.1 Å². The smallest absolute Gasteiger partial charge is 0.306 e. The molecule has 6 nitrogen and oxygen atoms in total. The molecule has 0 spiro atoms. The van der Waals surface area contributed by atoms with Gasteiger partial charge in [-0.25, -0.2) is 0 Å². The predicted octanol–water partition coefficient (Wildman–Crippen LogP) is 16.0. The first-order chi connectivity index (χ1) is 28.9. The Morgan fingerprint density at radius 1 is 0.356 bits per heavy atom. The van der Waals surface area contributed by atoms with Gasteiger partial charge in [0.15, 0.2) is 0 Å². The standard InChI is InChI=1S/C53H106N2O4/c1-7-11-15-19-23-27-31-35-39-44-52(56)58-50(42-37-33-29-25-21-17-13-9-3)48-55(47-41-46-54(5)6)49-51(43-38-34-30-26-22-18-14-10-4)59-53(57)45-40-36-32-28-24-20-16-12-8-2/h50-51H,7-49H2,1-6H3. The second-order valence-electron chi connectivity index (χ2n) is 18.8. The number of esters is 2. The summed E-state index contributed by atoms with van der Waals surface area (Å²) < 4.78 is 12.7. The van der Waals surface area contributed by atoms with Crippen molar-refractivity contribution in [1.29, 1.82) is 0 Å². The van der Waals surface area contributed by atoms with Crippen LogP contribution in [0.1, 0.15) is 278 Å². The number of ether oxygens (including phenoxy) is 2. The van der Waals surface area contributed by atoms with E-state index in [4.69, 9.17) is 9.47 Å². The predicted molar refractivity (Wildman–Crippen MR) is 258 cm³/mol. The van der Waals surface area contributed by atoms with Crippen molar-refractivity contribution in [2.75, 3.05) is 40.3 Å². The summed E-state index contributed by atoms with van der Waals surface area (Å²) >= 11 is 0. The summed E-state index contributed by atoms with van der Waals surface area (Å²) in [7, 11) is 4.28. The van der Waals surface area contributed by atoms with Crippen molar-refractivity contribution in [3.05, 3.63) is 0 Å². The normalized spacial score (nSPS) is 12.7. The lowest BCUT2D eigenvalue weighted by atomic mass is 10.0. The van der Waals surface area contributed by atoms with Crippen LogP contribution in [0.25, 0.3) is 0 Å². The summed E-state index contributed by atoms with van der Waals surface area (Å²) in [5.41, 5.74) is 0. The van der Waals surface area contributed by atoms with Crippen LogP contribution in [-0.2, 0) is 19.1 Å². The molecule has 0 radical (unpaired) electrons. The van der Waals surface area contributed by atoms with Gasteiger partial charge >= 0.3 is 11.9 Å². The van der Waals surface area contributed by atoms with Crippen LogP contribution in [0.3, 0.4) is 0 Å². The third kappa shape index (κ3) is 43.3. The van der Waals surface area contributed by atoms with Gasteiger partial charge in [-0.05, 0) is 72.1 Å². The van der Waals surface area contributed by atoms with Gasteiger partial charge in [0.05, 0.1) is 0 Å². The minimum absolute atomic E-state index is 0.0198. The second-order valence-corrected chi connectivity index (χ2v) is 18.8. The molecule has 0 heterocycles. The Kier molecular flexibility index (Phi) is 45.5. The Labute approximate surface area is 370 Å². The average molecular weight is 835 g/mol. The topological polar surface area (TPSA) is 59.1 Å².